The van der Waals surface area contributed by atoms with Crippen molar-refractivity contribution in [3.8, 4) is 0 Å². The Morgan fingerprint density at radius 3 is 2.37 bits per heavy atom. The van der Waals surface area contributed by atoms with Gasteiger partial charge in [-0.15, -0.1) is 0 Å². The van der Waals surface area contributed by atoms with Crippen LogP contribution in [0.4, 0.5) is 4.39 Å². The summed E-state index contributed by atoms with van der Waals surface area (Å²) in [7, 11) is -3.73. The van der Waals surface area contributed by atoms with E-state index in [1.807, 2.05) is 6.92 Å². The maximum absolute atomic E-state index is 13.1. The standard InChI is InChI=1S/C18H26FN3O4S/c1-2-11-20-17(23)18(24)21-12-10-15-5-3-4-13-22(15)27(25,26)16-8-6-14(19)7-9-16/h6-9,15H,2-5,10-13H2,1H3,(H,20,23)(H,21,24)/t15-/m0/s1. The molecular formula is C18H26FN3O4S. The summed E-state index contributed by atoms with van der Waals surface area (Å²) < 4.78 is 40.3. The van der Waals surface area contributed by atoms with Crippen LogP contribution in [0.25, 0.3) is 0 Å². The second kappa shape index (κ2) is 9.80. The number of rotatable bonds is 7. The van der Waals surface area contributed by atoms with Crippen LogP contribution in [0.1, 0.15) is 39.0 Å². The molecule has 0 radical (unpaired) electrons. The Bertz CT molecular complexity index is 752. The van der Waals surface area contributed by atoms with E-state index < -0.39 is 27.7 Å². The molecule has 2 N–H and O–H groups in total. The van der Waals surface area contributed by atoms with Gasteiger partial charge in [0.15, 0.2) is 0 Å². The molecule has 1 heterocycles. The van der Waals surface area contributed by atoms with Gasteiger partial charge in [-0.1, -0.05) is 13.3 Å². The van der Waals surface area contributed by atoms with Gasteiger partial charge in [-0.2, -0.15) is 4.31 Å². The zero-order chi connectivity index (χ0) is 19.9. The molecule has 0 unspecified atom stereocenters. The summed E-state index contributed by atoms with van der Waals surface area (Å²) >= 11 is 0. The van der Waals surface area contributed by atoms with Gasteiger partial charge in [0.05, 0.1) is 4.90 Å². The first-order chi connectivity index (χ1) is 12.9. The van der Waals surface area contributed by atoms with Gasteiger partial charge in [0.1, 0.15) is 5.82 Å². The number of halogens is 1. The van der Waals surface area contributed by atoms with Crippen LogP contribution in [0.15, 0.2) is 29.2 Å². The van der Waals surface area contributed by atoms with Crippen LogP contribution in [-0.2, 0) is 19.6 Å². The van der Waals surface area contributed by atoms with Gasteiger partial charge < -0.3 is 10.6 Å². The lowest BCUT2D eigenvalue weighted by Crippen LogP contribution is -2.46. The Labute approximate surface area is 159 Å². The number of piperidine rings is 1. The van der Waals surface area contributed by atoms with Crippen LogP contribution in [0.3, 0.4) is 0 Å². The summed E-state index contributed by atoms with van der Waals surface area (Å²) in [5.41, 5.74) is 0. The first-order valence-corrected chi connectivity index (χ1v) is 10.6. The second-order valence-corrected chi connectivity index (χ2v) is 8.41. The molecule has 2 rings (SSSR count). The first kappa shape index (κ1) is 21.3. The van der Waals surface area contributed by atoms with E-state index >= 15 is 0 Å². The highest BCUT2D eigenvalue weighted by atomic mass is 32.2. The number of nitrogens with zero attached hydrogens (tertiary/aromatic N) is 1. The first-order valence-electron chi connectivity index (χ1n) is 9.19. The Balaban J connectivity index is 1.97. The van der Waals surface area contributed by atoms with E-state index in [0.29, 0.717) is 25.9 Å². The molecule has 7 nitrogen and oxygen atoms in total. The molecule has 0 spiro atoms. The number of hydrogen-bond donors (Lipinski definition) is 2. The average Bonchev–Trinajstić information content (AvgIpc) is 2.66. The maximum atomic E-state index is 13.1. The molecule has 27 heavy (non-hydrogen) atoms. The number of benzene rings is 1. The lowest BCUT2D eigenvalue weighted by molar-refractivity contribution is -0.139. The predicted molar refractivity (Wildman–Crippen MR) is 98.9 cm³/mol. The van der Waals surface area contributed by atoms with Crippen LogP contribution >= 0.6 is 0 Å². The van der Waals surface area contributed by atoms with Crippen LogP contribution in [0.2, 0.25) is 0 Å². The molecule has 0 saturated carbocycles. The van der Waals surface area contributed by atoms with Gasteiger partial charge in [-0.25, -0.2) is 12.8 Å². The molecule has 9 heteroatoms. The van der Waals surface area contributed by atoms with Gasteiger partial charge >= 0.3 is 11.8 Å². The fraction of sp³-hybridized carbons (Fsp3) is 0.556. The fourth-order valence-corrected chi connectivity index (χ4v) is 4.80. The third-order valence-corrected chi connectivity index (χ3v) is 6.46. The van der Waals surface area contributed by atoms with Crippen molar-refractivity contribution in [2.24, 2.45) is 0 Å². The van der Waals surface area contributed by atoms with E-state index in [9.17, 15) is 22.4 Å². The summed E-state index contributed by atoms with van der Waals surface area (Å²) in [6.45, 7) is 2.91. The van der Waals surface area contributed by atoms with E-state index in [0.717, 1.165) is 31.4 Å². The summed E-state index contributed by atoms with van der Waals surface area (Å²) in [5, 5.41) is 5.03. The highest BCUT2D eigenvalue weighted by Gasteiger charge is 2.33. The van der Waals surface area contributed by atoms with E-state index in [1.54, 1.807) is 0 Å². The fourth-order valence-electron chi connectivity index (χ4n) is 3.07. The largest absolute Gasteiger partial charge is 0.348 e. The van der Waals surface area contributed by atoms with Crippen LogP contribution in [-0.4, -0.2) is 50.2 Å². The minimum atomic E-state index is -3.73. The Morgan fingerprint density at radius 2 is 1.74 bits per heavy atom. The van der Waals surface area contributed by atoms with E-state index in [2.05, 4.69) is 10.6 Å². The number of sulfonamides is 1. The lowest BCUT2D eigenvalue weighted by atomic mass is 10.0. The van der Waals surface area contributed by atoms with Crippen LogP contribution in [0.5, 0.6) is 0 Å². The van der Waals surface area contributed by atoms with E-state index in [-0.39, 0.29) is 17.5 Å². The minimum Gasteiger partial charge on any atom is -0.348 e. The van der Waals surface area contributed by atoms with Gasteiger partial charge in [0.2, 0.25) is 10.0 Å². The smallest absolute Gasteiger partial charge is 0.309 e. The summed E-state index contributed by atoms with van der Waals surface area (Å²) in [6, 6.07) is 4.50. The molecule has 0 aliphatic carbocycles. The summed E-state index contributed by atoms with van der Waals surface area (Å²) in [4.78, 5) is 23.3. The third kappa shape index (κ3) is 5.74. The van der Waals surface area contributed by atoms with Crippen molar-refractivity contribution < 1.29 is 22.4 Å². The number of carbonyl (C=O) groups excluding carboxylic acids is 2. The van der Waals surface area contributed by atoms with E-state index in [1.165, 1.54) is 16.4 Å². The number of hydrogen-bond acceptors (Lipinski definition) is 4. The zero-order valence-corrected chi connectivity index (χ0v) is 16.2. The molecule has 1 aliphatic heterocycles. The second-order valence-electron chi connectivity index (χ2n) is 6.52. The zero-order valence-electron chi connectivity index (χ0n) is 15.4. The SMILES string of the molecule is CCCNC(=O)C(=O)NCC[C@@H]1CCCCN1S(=O)(=O)c1ccc(F)cc1. The Morgan fingerprint density at radius 1 is 1.11 bits per heavy atom. The summed E-state index contributed by atoms with van der Waals surface area (Å²) in [6.07, 6.45) is 3.47. The van der Waals surface area contributed by atoms with Gasteiger partial charge in [-0.3, -0.25) is 9.59 Å². The molecule has 1 aromatic rings. The van der Waals surface area contributed by atoms with Crippen molar-refractivity contribution in [1.82, 2.24) is 14.9 Å². The van der Waals surface area contributed by atoms with Crippen molar-refractivity contribution in [3.63, 3.8) is 0 Å². The quantitative estimate of drug-likeness (QED) is 0.678. The van der Waals surface area contributed by atoms with Crippen LogP contribution < -0.4 is 10.6 Å². The normalized spacial score (nSPS) is 18.1. The molecule has 1 saturated heterocycles. The van der Waals surface area contributed by atoms with Crippen LogP contribution in [0, 0.1) is 5.82 Å². The molecular weight excluding hydrogens is 373 g/mol. The highest BCUT2D eigenvalue weighted by molar-refractivity contribution is 7.89. The lowest BCUT2D eigenvalue weighted by Gasteiger charge is -2.34. The monoisotopic (exact) mass is 399 g/mol. The van der Waals surface area contributed by atoms with Crippen molar-refractivity contribution in [1.29, 1.82) is 0 Å². The minimum absolute atomic E-state index is 0.0544. The summed E-state index contributed by atoms with van der Waals surface area (Å²) in [5.74, 6) is -1.89. The Hall–Kier alpha value is -2.00. The van der Waals surface area contributed by atoms with E-state index in [4.69, 9.17) is 0 Å². The molecule has 1 fully saturated rings. The number of carbonyl (C=O) groups is 2. The van der Waals surface area contributed by atoms with Crippen molar-refractivity contribution >= 4 is 21.8 Å². The topological polar surface area (TPSA) is 95.6 Å². The average molecular weight is 399 g/mol. The molecule has 1 aliphatic rings. The highest BCUT2D eigenvalue weighted by Crippen LogP contribution is 2.27. The maximum Gasteiger partial charge on any atom is 0.309 e. The number of amides is 2. The molecule has 150 valence electrons. The van der Waals surface area contributed by atoms with Crippen molar-refractivity contribution in [3.05, 3.63) is 30.1 Å². The van der Waals surface area contributed by atoms with Gasteiger partial charge in [0, 0.05) is 25.7 Å². The van der Waals surface area contributed by atoms with Crippen molar-refractivity contribution in [2.75, 3.05) is 19.6 Å². The van der Waals surface area contributed by atoms with Gasteiger partial charge in [-0.05, 0) is 49.9 Å². The van der Waals surface area contributed by atoms with Crippen molar-refractivity contribution in [2.45, 2.75) is 50.0 Å². The predicted octanol–water partition coefficient (Wildman–Crippen LogP) is 1.40. The molecule has 0 bridgehead atoms. The Kier molecular flexibility index (Phi) is 7.73. The van der Waals surface area contributed by atoms with Gasteiger partial charge in [0.25, 0.3) is 0 Å². The third-order valence-electron chi connectivity index (χ3n) is 4.50. The molecule has 1 aromatic carbocycles. The number of nitrogens with one attached hydrogen (secondary N) is 2. The molecule has 2 amide bonds. The molecule has 1 atom stereocenters. The molecule has 0 aromatic heterocycles.